The Kier molecular flexibility index (Phi) is 9.64. The fourth-order valence-electron chi connectivity index (χ4n) is 3.55. The lowest BCUT2D eigenvalue weighted by atomic mass is 9.97. The Labute approximate surface area is 195 Å². The predicted molar refractivity (Wildman–Crippen MR) is 135 cm³/mol. The summed E-state index contributed by atoms with van der Waals surface area (Å²) in [5.41, 5.74) is 2.43. The summed E-state index contributed by atoms with van der Waals surface area (Å²) in [5.74, 6) is 0.855. The van der Waals surface area contributed by atoms with E-state index in [2.05, 4.69) is 68.1 Å². The first-order valence-corrected chi connectivity index (χ1v) is 10.8. The molecule has 1 aromatic heterocycles. The van der Waals surface area contributed by atoms with Gasteiger partial charge in [-0.15, -0.1) is 35.3 Å². The first-order valence-electron chi connectivity index (χ1n) is 9.92. The number of hydrogen-bond donors (Lipinski definition) is 2. The number of aliphatic imine (C=N–C) groups is 1. The molecule has 0 aliphatic carbocycles. The summed E-state index contributed by atoms with van der Waals surface area (Å²) in [6.07, 6.45) is 2.24. The highest BCUT2D eigenvalue weighted by atomic mass is 127. The topological polar surface area (TPSA) is 55.8 Å². The number of anilines is 1. The van der Waals surface area contributed by atoms with Crippen LogP contribution in [0.2, 0.25) is 0 Å². The quantitative estimate of drug-likeness (QED) is 0.342. The highest BCUT2D eigenvalue weighted by Crippen LogP contribution is 2.20. The molecule has 2 aromatic rings. The number of likely N-dealkylation sites (tertiary alicyclic amines) is 1. The maximum absolute atomic E-state index is 4.62. The van der Waals surface area contributed by atoms with E-state index < -0.39 is 0 Å². The Hall–Kier alpha value is -1.39. The minimum absolute atomic E-state index is 0. The Morgan fingerprint density at radius 1 is 1.31 bits per heavy atom. The molecule has 2 atom stereocenters. The number of halogens is 1. The third-order valence-corrected chi connectivity index (χ3v) is 6.22. The van der Waals surface area contributed by atoms with Gasteiger partial charge in [0.15, 0.2) is 11.1 Å². The van der Waals surface area contributed by atoms with E-state index >= 15 is 0 Å². The monoisotopic (exact) mass is 528 g/mol. The minimum Gasteiger partial charge on any atom is -0.354 e. The molecule has 1 saturated heterocycles. The Balaban J connectivity index is 0.00000300. The Morgan fingerprint density at radius 2 is 2.07 bits per heavy atom. The first-order chi connectivity index (χ1) is 13.5. The van der Waals surface area contributed by atoms with Gasteiger partial charge in [0.25, 0.3) is 0 Å². The third kappa shape index (κ3) is 7.11. The summed E-state index contributed by atoms with van der Waals surface area (Å²) < 4.78 is 0. The van der Waals surface area contributed by atoms with Crippen molar-refractivity contribution in [2.75, 3.05) is 32.6 Å². The number of piperidine rings is 1. The van der Waals surface area contributed by atoms with Crippen LogP contribution in [-0.4, -0.2) is 55.6 Å². The van der Waals surface area contributed by atoms with E-state index in [0.29, 0.717) is 18.6 Å². The van der Waals surface area contributed by atoms with Crippen molar-refractivity contribution in [1.82, 2.24) is 20.5 Å². The number of guanidine groups is 1. The van der Waals surface area contributed by atoms with Crippen LogP contribution in [0, 0.1) is 0 Å². The van der Waals surface area contributed by atoms with Gasteiger partial charge in [-0.25, -0.2) is 4.98 Å². The van der Waals surface area contributed by atoms with Crippen molar-refractivity contribution in [3.8, 4) is 0 Å². The van der Waals surface area contributed by atoms with Gasteiger partial charge in [0.05, 0.1) is 12.2 Å². The number of nitrogens with zero attached hydrogens (tertiary/aromatic N) is 4. The summed E-state index contributed by atoms with van der Waals surface area (Å²) >= 11 is 1.66. The SMILES string of the molecule is CN=C(NCc1csc(N(C)C)n1)NC1CCN(Cc2ccccc2)C(C)C1.I. The minimum atomic E-state index is 0. The molecule has 1 fully saturated rings. The van der Waals surface area contributed by atoms with Crippen LogP contribution in [0.5, 0.6) is 0 Å². The van der Waals surface area contributed by atoms with Gasteiger partial charge in [-0.05, 0) is 25.3 Å². The van der Waals surface area contributed by atoms with Crippen LogP contribution in [0.15, 0.2) is 40.7 Å². The van der Waals surface area contributed by atoms with Crippen molar-refractivity contribution in [3.63, 3.8) is 0 Å². The molecular formula is C21H33IN6S. The second kappa shape index (κ2) is 11.7. The molecule has 1 aliphatic heterocycles. The van der Waals surface area contributed by atoms with Crippen LogP contribution in [0.4, 0.5) is 5.13 Å². The molecule has 0 spiro atoms. The maximum Gasteiger partial charge on any atom is 0.191 e. The molecule has 0 saturated carbocycles. The molecule has 29 heavy (non-hydrogen) atoms. The number of rotatable bonds is 6. The van der Waals surface area contributed by atoms with Crippen molar-refractivity contribution in [1.29, 1.82) is 0 Å². The summed E-state index contributed by atoms with van der Waals surface area (Å²) in [4.78, 5) is 13.6. The van der Waals surface area contributed by atoms with Gasteiger partial charge in [-0.1, -0.05) is 30.3 Å². The molecular weight excluding hydrogens is 495 g/mol. The molecule has 2 N–H and O–H groups in total. The average Bonchev–Trinajstić information content (AvgIpc) is 3.17. The molecule has 0 bridgehead atoms. The van der Waals surface area contributed by atoms with E-state index in [9.17, 15) is 0 Å². The second-order valence-corrected chi connectivity index (χ2v) is 8.45. The lowest BCUT2D eigenvalue weighted by Crippen LogP contribution is -2.51. The van der Waals surface area contributed by atoms with Crippen molar-refractivity contribution < 1.29 is 0 Å². The normalized spacial score (nSPS) is 20.1. The van der Waals surface area contributed by atoms with Crippen molar-refractivity contribution in [2.24, 2.45) is 4.99 Å². The standard InChI is InChI=1S/C21H32N6S.HI/c1-16-12-18(10-11-27(16)14-17-8-6-5-7-9-17)24-20(22-2)23-13-19-15-28-21(25-19)26(3)4;/h5-9,15-16,18H,10-14H2,1-4H3,(H2,22,23,24);1H. The predicted octanol–water partition coefficient (Wildman–Crippen LogP) is 3.55. The zero-order valence-electron chi connectivity index (χ0n) is 17.8. The summed E-state index contributed by atoms with van der Waals surface area (Å²) in [5, 5.41) is 10.1. The van der Waals surface area contributed by atoms with Crippen molar-refractivity contribution in [3.05, 3.63) is 47.0 Å². The van der Waals surface area contributed by atoms with Crippen LogP contribution >= 0.6 is 35.3 Å². The second-order valence-electron chi connectivity index (χ2n) is 7.61. The lowest BCUT2D eigenvalue weighted by molar-refractivity contribution is 0.134. The van der Waals surface area contributed by atoms with Gasteiger partial charge in [-0.2, -0.15) is 0 Å². The molecule has 2 heterocycles. The van der Waals surface area contributed by atoms with E-state index in [4.69, 9.17) is 0 Å². The van der Waals surface area contributed by atoms with E-state index in [-0.39, 0.29) is 24.0 Å². The number of benzene rings is 1. The summed E-state index contributed by atoms with van der Waals surface area (Å²) in [7, 11) is 5.86. The Morgan fingerprint density at radius 3 is 2.69 bits per heavy atom. The van der Waals surface area contributed by atoms with Crippen LogP contribution in [0.3, 0.4) is 0 Å². The highest BCUT2D eigenvalue weighted by molar-refractivity contribution is 14.0. The number of nitrogens with one attached hydrogen (secondary N) is 2. The summed E-state index contributed by atoms with van der Waals surface area (Å²) in [6, 6.07) is 11.7. The fourth-order valence-corrected chi connectivity index (χ4v) is 4.31. The maximum atomic E-state index is 4.62. The van der Waals surface area contributed by atoms with Gasteiger partial charge >= 0.3 is 0 Å². The molecule has 1 aliphatic rings. The van der Waals surface area contributed by atoms with E-state index in [1.807, 2.05) is 26.0 Å². The zero-order chi connectivity index (χ0) is 19.9. The smallest absolute Gasteiger partial charge is 0.191 e. The molecule has 0 amide bonds. The van der Waals surface area contributed by atoms with E-state index in [1.165, 1.54) is 5.56 Å². The average molecular weight is 529 g/mol. The third-order valence-electron chi connectivity index (χ3n) is 5.17. The highest BCUT2D eigenvalue weighted by Gasteiger charge is 2.26. The van der Waals surface area contributed by atoms with Crippen molar-refractivity contribution >= 4 is 46.4 Å². The van der Waals surface area contributed by atoms with Crippen molar-refractivity contribution in [2.45, 2.75) is 44.9 Å². The van der Waals surface area contributed by atoms with Gasteiger partial charge in [0.2, 0.25) is 0 Å². The number of hydrogen-bond acceptors (Lipinski definition) is 5. The van der Waals surface area contributed by atoms with Gasteiger partial charge in [0.1, 0.15) is 0 Å². The zero-order valence-corrected chi connectivity index (χ0v) is 20.9. The number of aromatic nitrogens is 1. The fraction of sp³-hybridized carbons (Fsp3) is 0.524. The number of thiazole rings is 1. The molecule has 160 valence electrons. The van der Waals surface area contributed by atoms with Crippen LogP contribution in [-0.2, 0) is 13.1 Å². The molecule has 2 unspecified atom stereocenters. The molecule has 8 heteroatoms. The molecule has 3 rings (SSSR count). The van der Waals surface area contributed by atoms with Crippen LogP contribution < -0.4 is 15.5 Å². The van der Waals surface area contributed by atoms with Crippen LogP contribution in [0.1, 0.15) is 31.0 Å². The largest absolute Gasteiger partial charge is 0.354 e. The first kappa shape index (κ1) is 23.9. The van der Waals surface area contributed by atoms with Gasteiger partial charge < -0.3 is 15.5 Å². The molecule has 0 radical (unpaired) electrons. The summed E-state index contributed by atoms with van der Waals surface area (Å²) in [6.45, 7) is 5.14. The van der Waals surface area contributed by atoms with E-state index in [1.54, 1.807) is 11.3 Å². The lowest BCUT2D eigenvalue weighted by Gasteiger charge is -2.38. The molecule has 6 nitrogen and oxygen atoms in total. The van der Waals surface area contributed by atoms with E-state index in [0.717, 1.165) is 42.7 Å². The van der Waals surface area contributed by atoms with Crippen LogP contribution in [0.25, 0.3) is 0 Å². The van der Waals surface area contributed by atoms with Gasteiger partial charge in [-0.3, -0.25) is 9.89 Å². The Bertz CT molecular complexity index is 764. The van der Waals surface area contributed by atoms with Gasteiger partial charge in [0, 0.05) is 51.7 Å². The molecule has 1 aromatic carbocycles.